The third-order valence-corrected chi connectivity index (χ3v) is 5.22. The lowest BCUT2D eigenvalue weighted by Crippen LogP contribution is -2.48. The van der Waals surface area contributed by atoms with Crippen molar-refractivity contribution < 1.29 is 4.79 Å². The molecule has 1 aromatic rings. The second kappa shape index (κ2) is 10.3. The molecule has 2 fully saturated rings. The Morgan fingerprint density at radius 3 is 2.44 bits per heavy atom. The van der Waals surface area contributed by atoms with Gasteiger partial charge in [0.2, 0.25) is 5.91 Å². The van der Waals surface area contributed by atoms with Crippen molar-refractivity contribution in [3.63, 3.8) is 0 Å². The van der Waals surface area contributed by atoms with Gasteiger partial charge in [0.25, 0.3) is 0 Å². The first kappa shape index (κ1) is 19.7. The van der Waals surface area contributed by atoms with Gasteiger partial charge >= 0.3 is 0 Å². The highest BCUT2D eigenvalue weighted by atomic mass is 16.1. The molecule has 0 radical (unpaired) electrons. The molecule has 0 bridgehead atoms. The minimum atomic E-state index is 0.174. The fourth-order valence-electron chi connectivity index (χ4n) is 3.45. The van der Waals surface area contributed by atoms with Crippen molar-refractivity contribution in [3.8, 4) is 0 Å². The number of nitrogens with one attached hydrogen (secondary N) is 3. The predicted octanol–water partition coefficient (Wildman–Crippen LogP) is 1.87. The van der Waals surface area contributed by atoms with Gasteiger partial charge < -0.3 is 16.0 Å². The van der Waals surface area contributed by atoms with Gasteiger partial charge in [-0.2, -0.15) is 0 Å². The van der Waals surface area contributed by atoms with Crippen LogP contribution in [-0.4, -0.2) is 55.5 Å². The van der Waals surface area contributed by atoms with Gasteiger partial charge in [-0.15, -0.1) is 0 Å². The minimum Gasteiger partial charge on any atom is -0.356 e. The number of carbonyl (C=O) groups excluding carboxylic acids is 1. The Hall–Kier alpha value is -2.08. The van der Waals surface area contributed by atoms with Crippen LogP contribution in [0.15, 0.2) is 35.3 Å². The molecule has 0 aromatic heterocycles. The molecular weight excluding hydrogens is 338 g/mol. The first-order valence-corrected chi connectivity index (χ1v) is 10.3. The molecule has 148 valence electrons. The fraction of sp³-hybridized carbons (Fsp3) is 0.619. The van der Waals surface area contributed by atoms with Crippen LogP contribution >= 0.6 is 0 Å². The number of guanidine groups is 1. The lowest BCUT2D eigenvalue weighted by atomic mass is 10.0. The van der Waals surface area contributed by atoms with Crippen molar-refractivity contribution >= 4 is 11.9 Å². The van der Waals surface area contributed by atoms with Gasteiger partial charge in [0.15, 0.2) is 5.96 Å². The summed E-state index contributed by atoms with van der Waals surface area (Å²) in [6.45, 7) is 4.00. The summed E-state index contributed by atoms with van der Waals surface area (Å²) in [5.41, 5.74) is 1.38. The van der Waals surface area contributed by atoms with E-state index in [-0.39, 0.29) is 5.91 Å². The van der Waals surface area contributed by atoms with E-state index >= 15 is 0 Å². The lowest BCUT2D eigenvalue weighted by Gasteiger charge is -2.33. The van der Waals surface area contributed by atoms with Crippen LogP contribution in [0.5, 0.6) is 0 Å². The van der Waals surface area contributed by atoms with Crippen molar-refractivity contribution in [2.75, 3.05) is 26.7 Å². The Morgan fingerprint density at radius 2 is 1.78 bits per heavy atom. The number of piperidine rings is 1. The molecule has 1 aliphatic carbocycles. The van der Waals surface area contributed by atoms with Gasteiger partial charge in [-0.1, -0.05) is 30.3 Å². The first-order chi connectivity index (χ1) is 13.2. The second-order valence-corrected chi connectivity index (χ2v) is 7.62. The maximum atomic E-state index is 11.7. The van der Waals surface area contributed by atoms with Crippen LogP contribution in [0, 0.1) is 0 Å². The normalized spacial score (nSPS) is 18.9. The first-order valence-electron chi connectivity index (χ1n) is 10.3. The Kier molecular flexibility index (Phi) is 7.51. The number of likely N-dealkylation sites (tertiary alicyclic amines) is 1. The molecule has 1 aliphatic heterocycles. The largest absolute Gasteiger partial charge is 0.356 e. The topological polar surface area (TPSA) is 68.8 Å². The minimum absolute atomic E-state index is 0.174. The molecule has 2 aliphatic rings. The molecule has 3 rings (SSSR count). The Balaban J connectivity index is 1.29. The molecule has 1 heterocycles. The molecule has 0 spiro atoms. The predicted molar refractivity (Wildman–Crippen MR) is 110 cm³/mol. The van der Waals surface area contributed by atoms with E-state index in [0.717, 1.165) is 64.2 Å². The van der Waals surface area contributed by atoms with E-state index in [1.165, 1.54) is 5.56 Å². The average molecular weight is 372 g/mol. The van der Waals surface area contributed by atoms with Gasteiger partial charge in [0.05, 0.1) is 0 Å². The number of hydrogen-bond acceptors (Lipinski definition) is 3. The second-order valence-electron chi connectivity index (χ2n) is 7.62. The summed E-state index contributed by atoms with van der Waals surface area (Å²) < 4.78 is 0. The molecule has 27 heavy (non-hydrogen) atoms. The Morgan fingerprint density at radius 1 is 1.07 bits per heavy atom. The van der Waals surface area contributed by atoms with Crippen molar-refractivity contribution in [1.29, 1.82) is 0 Å². The monoisotopic (exact) mass is 371 g/mol. The lowest BCUT2D eigenvalue weighted by molar-refractivity contribution is -0.121. The number of benzene rings is 1. The van der Waals surface area contributed by atoms with Crippen LogP contribution < -0.4 is 16.0 Å². The molecule has 0 unspecified atom stereocenters. The van der Waals surface area contributed by atoms with Crippen LogP contribution in [0.3, 0.4) is 0 Å². The number of nitrogens with zero attached hydrogens (tertiary/aromatic N) is 2. The third-order valence-electron chi connectivity index (χ3n) is 5.22. The summed E-state index contributed by atoms with van der Waals surface area (Å²) >= 11 is 0. The van der Waals surface area contributed by atoms with Gasteiger partial charge in [-0.3, -0.25) is 14.7 Å². The maximum Gasteiger partial charge on any atom is 0.220 e. The van der Waals surface area contributed by atoms with Gasteiger partial charge in [0.1, 0.15) is 0 Å². The number of rotatable bonds is 8. The average Bonchev–Trinajstić information content (AvgIpc) is 3.50. The molecule has 1 saturated heterocycles. The van der Waals surface area contributed by atoms with Gasteiger partial charge in [-0.25, -0.2) is 0 Å². The zero-order chi connectivity index (χ0) is 18.9. The van der Waals surface area contributed by atoms with Crippen molar-refractivity contribution in [2.45, 2.75) is 57.2 Å². The van der Waals surface area contributed by atoms with Crippen LogP contribution in [-0.2, 0) is 11.3 Å². The van der Waals surface area contributed by atoms with Crippen LogP contribution in [0.1, 0.15) is 44.1 Å². The summed E-state index contributed by atoms with van der Waals surface area (Å²) in [5, 5.41) is 9.90. The molecule has 0 atom stereocenters. The quantitative estimate of drug-likeness (QED) is 0.371. The fourth-order valence-corrected chi connectivity index (χ4v) is 3.45. The van der Waals surface area contributed by atoms with E-state index in [1.54, 1.807) is 7.05 Å². The Bertz CT molecular complexity index is 606. The van der Waals surface area contributed by atoms with E-state index in [2.05, 4.69) is 56.2 Å². The highest BCUT2D eigenvalue weighted by Gasteiger charge is 2.23. The van der Waals surface area contributed by atoms with Crippen LogP contribution in [0.25, 0.3) is 0 Å². The van der Waals surface area contributed by atoms with E-state index in [9.17, 15) is 4.79 Å². The van der Waals surface area contributed by atoms with Gasteiger partial charge in [-0.05, 0) is 37.7 Å². The van der Waals surface area contributed by atoms with Crippen LogP contribution in [0.4, 0.5) is 0 Å². The van der Waals surface area contributed by atoms with E-state index in [4.69, 9.17) is 0 Å². The summed E-state index contributed by atoms with van der Waals surface area (Å²) in [7, 11) is 1.81. The van der Waals surface area contributed by atoms with Crippen molar-refractivity contribution in [1.82, 2.24) is 20.9 Å². The smallest absolute Gasteiger partial charge is 0.220 e. The number of carbonyl (C=O) groups is 1. The molecule has 6 heteroatoms. The maximum absolute atomic E-state index is 11.7. The van der Waals surface area contributed by atoms with Gasteiger partial charge in [0, 0.05) is 51.7 Å². The number of amides is 1. The highest BCUT2D eigenvalue weighted by molar-refractivity contribution is 5.80. The third kappa shape index (κ3) is 7.21. The standard InChI is InChI=1S/C21H33N5O/c1-22-21(23-13-5-8-20(27)24-18-9-10-18)25-19-11-14-26(15-12-19)16-17-6-3-2-4-7-17/h2-4,6-7,18-19H,5,8-16H2,1H3,(H,24,27)(H2,22,23,25). The summed E-state index contributed by atoms with van der Waals surface area (Å²) in [6, 6.07) is 11.6. The summed E-state index contributed by atoms with van der Waals surface area (Å²) in [6.07, 6.45) is 5.94. The zero-order valence-corrected chi connectivity index (χ0v) is 16.4. The number of aliphatic imine (C=N–C) groups is 1. The number of hydrogen-bond donors (Lipinski definition) is 3. The molecule has 6 nitrogen and oxygen atoms in total. The summed E-state index contributed by atoms with van der Waals surface area (Å²) in [5.74, 6) is 1.02. The summed E-state index contributed by atoms with van der Waals surface area (Å²) in [4.78, 5) is 18.5. The molecule has 1 saturated carbocycles. The zero-order valence-electron chi connectivity index (χ0n) is 16.4. The van der Waals surface area contributed by atoms with E-state index < -0.39 is 0 Å². The van der Waals surface area contributed by atoms with E-state index in [1.807, 2.05) is 0 Å². The Labute approximate surface area is 162 Å². The van der Waals surface area contributed by atoms with E-state index in [0.29, 0.717) is 18.5 Å². The van der Waals surface area contributed by atoms with Crippen LogP contribution in [0.2, 0.25) is 0 Å². The molecule has 1 aromatic carbocycles. The highest BCUT2D eigenvalue weighted by Crippen LogP contribution is 2.18. The van der Waals surface area contributed by atoms with Crippen molar-refractivity contribution in [3.05, 3.63) is 35.9 Å². The van der Waals surface area contributed by atoms with Crippen molar-refractivity contribution in [2.24, 2.45) is 4.99 Å². The molecular formula is C21H33N5O. The SMILES string of the molecule is CN=C(NCCCC(=O)NC1CC1)NC1CCN(Cc2ccccc2)CC1. The molecule has 3 N–H and O–H groups in total. The molecule has 1 amide bonds.